The quantitative estimate of drug-likeness (QED) is 0.855. The van der Waals surface area contributed by atoms with E-state index in [-0.39, 0.29) is 0 Å². The van der Waals surface area contributed by atoms with E-state index in [1.54, 1.807) is 7.11 Å². The maximum atomic E-state index is 5.27. The average molecular weight is 277 g/mol. The zero-order valence-electron chi connectivity index (χ0n) is 12.9. The summed E-state index contributed by atoms with van der Waals surface area (Å²) in [4.78, 5) is 4.92. The SMILES string of the molecule is COc1cccc([C@@H](C)NCCN2CCN(C)CC2)c1. The minimum atomic E-state index is 0.359. The number of methoxy groups -OCH3 is 1. The summed E-state index contributed by atoms with van der Waals surface area (Å²) in [5, 5.41) is 3.60. The molecular formula is C16H27N3O. The van der Waals surface area contributed by atoms with E-state index in [9.17, 15) is 0 Å². The fraction of sp³-hybridized carbons (Fsp3) is 0.625. The van der Waals surface area contributed by atoms with E-state index in [4.69, 9.17) is 4.74 Å². The van der Waals surface area contributed by atoms with Gasteiger partial charge in [-0.3, -0.25) is 4.90 Å². The third-order valence-corrected chi connectivity index (χ3v) is 4.07. The lowest BCUT2D eigenvalue weighted by molar-refractivity contribution is 0.154. The van der Waals surface area contributed by atoms with Crippen molar-refractivity contribution in [3.05, 3.63) is 29.8 Å². The molecule has 0 amide bonds. The predicted molar refractivity (Wildman–Crippen MR) is 83.3 cm³/mol. The maximum Gasteiger partial charge on any atom is 0.119 e. The summed E-state index contributed by atoms with van der Waals surface area (Å²) in [5.41, 5.74) is 1.28. The Morgan fingerprint density at radius 1 is 1.25 bits per heavy atom. The van der Waals surface area contributed by atoms with Crippen LogP contribution in [0.1, 0.15) is 18.5 Å². The second kappa shape index (κ2) is 7.62. The lowest BCUT2D eigenvalue weighted by atomic mass is 10.1. The molecule has 4 heteroatoms. The molecule has 0 spiro atoms. The van der Waals surface area contributed by atoms with Gasteiger partial charge in [0.05, 0.1) is 7.11 Å². The molecule has 0 aromatic heterocycles. The van der Waals surface area contributed by atoms with Crippen molar-refractivity contribution < 1.29 is 4.74 Å². The number of ether oxygens (including phenoxy) is 1. The minimum Gasteiger partial charge on any atom is -0.497 e. The summed E-state index contributed by atoms with van der Waals surface area (Å²) < 4.78 is 5.27. The van der Waals surface area contributed by atoms with Crippen LogP contribution in [0, 0.1) is 0 Å². The zero-order chi connectivity index (χ0) is 14.4. The highest BCUT2D eigenvalue weighted by Crippen LogP contribution is 2.18. The average Bonchev–Trinajstić information content (AvgIpc) is 2.49. The minimum absolute atomic E-state index is 0.359. The number of hydrogen-bond acceptors (Lipinski definition) is 4. The van der Waals surface area contributed by atoms with Gasteiger partial charge < -0.3 is 15.0 Å². The lowest BCUT2D eigenvalue weighted by Crippen LogP contribution is -2.46. The van der Waals surface area contributed by atoms with Crippen LogP contribution >= 0.6 is 0 Å². The summed E-state index contributed by atoms with van der Waals surface area (Å²) in [6, 6.07) is 8.65. The first-order chi connectivity index (χ1) is 9.69. The molecular weight excluding hydrogens is 250 g/mol. The molecule has 2 rings (SSSR count). The van der Waals surface area contributed by atoms with Crippen molar-refractivity contribution in [3.8, 4) is 5.75 Å². The van der Waals surface area contributed by atoms with E-state index >= 15 is 0 Å². The van der Waals surface area contributed by atoms with Crippen molar-refractivity contribution in [2.75, 3.05) is 53.4 Å². The number of nitrogens with one attached hydrogen (secondary N) is 1. The van der Waals surface area contributed by atoms with Crippen molar-refractivity contribution in [3.63, 3.8) is 0 Å². The molecule has 20 heavy (non-hydrogen) atoms. The first kappa shape index (κ1) is 15.3. The first-order valence-corrected chi connectivity index (χ1v) is 7.47. The highest BCUT2D eigenvalue weighted by atomic mass is 16.5. The van der Waals surface area contributed by atoms with Gasteiger partial charge in [-0.15, -0.1) is 0 Å². The van der Waals surface area contributed by atoms with Gasteiger partial charge in [-0.05, 0) is 31.7 Å². The molecule has 112 valence electrons. The summed E-state index contributed by atoms with van der Waals surface area (Å²) in [5.74, 6) is 0.926. The van der Waals surface area contributed by atoms with Gasteiger partial charge in [0.15, 0.2) is 0 Å². The number of hydrogen-bond donors (Lipinski definition) is 1. The molecule has 1 N–H and O–H groups in total. The van der Waals surface area contributed by atoms with E-state index in [1.807, 2.05) is 12.1 Å². The Morgan fingerprint density at radius 2 is 2.00 bits per heavy atom. The normalized spacial score (nSPS) is 18.9. The third kappa shape index (κ3) is 4.47. The third-order valence-electron chi connectivity index (χ3n) is 4.07. The molecule has 0 saturated carbocycles. The van der Waals surface area contributed by atoms with Crippen molar-refractivity contribution in [1.82, 2.24) is 15.1 Å². The first-order valence-electron chi connectivity index (χ1n) is 7.47. The van der Waals surface area contributed by atoms with E-state index in [0.29, 0.717) is 6.04 Å². The van der Waals surface area contributed by atoms with Crippen LogP contribution in [-0.2, 0) is 0 Å². The van der Waals surface area contributed by atoms with Gasteiger partial charge in [-0.2, -0.15) is 0 Å². The molecule has 4 nitrogen and oxygen atoms in total. The molecule has 1 fully saturated rings. The smallest absolute Gasteiger partial charge is 0.119 e. The van der Waals surface area contributed by atoms with E-state index < -0.39 is 0 Å². The molecule has 1 aromatic carbocycles. The van der Waals surface area contributed by atoms with E-state index in [1.165, 1.54) is 31.7 Å². The Balaban J connectivity index is 1.73. The van der Waals surface area contributed by atoms with Gasteiger partial charge in [0, 0.05) is 45.3 Å². The lowest BCUT2D eigenvalue weighted by Gasteiger charge is -2.32. The number of benzene rings is 1. The van der Waals surface area contributed by atoms with Crippen LogP contribution in [0.4, 0.5) is 0 Å². The van der Waals surface area contributed by atoms with Crippen molar-refractivity contribution in [1.29, 1.82) is 0 Å². The summed E-state index contributed by atoms with van der Waals surface area (Å²) >= 11 is 0. The molecule has 1 heterocycles. The molecule has 1 aromatic rings. The van der Waals surface area contributed by atoms with Gasteiger partial charge in [0.1, 0.15) is 5.75 Å². The molecule has 0 aliphatic carbocycles. The molecule has 1 aliphatic heterocycles. The highest BCUT2D eigenvalue weighted by Gasteiger charge is 2.13. The van der Waals surface area contributed by atoms with Crippen LogP contribution in [0.2, 0.25) is 0 Å². The number of likely N-dealkylation sites (N-methyl/N-ethyl adjacent to an activating group) is 1. The molecule has 1 saturated heterocycles. The fourth-order valence-corrected chi connectivity index (χ4v) is 2.54. The zero-order valence-corrected chi connectivity index (χ0v) is 12.9. The van der Waals surface area contributed by atoms with Gasteiger partial charge in [-0.1, -0.05) is 12.1 Å². The highest BCUT2D eigenvalue weighted by molar-refractivity contribution is 5.30. The van der Waals surface area contributed by atoms with Crippen LogP contribution in [0.5, 0.6) is 5.75 Å². The number of nitrogens with zero attached hydrogens (tertiary/aromatic N) is 2. The molecule has 0 unspecified atom stereocenters. The monoisotopic (exact) mass is 277 g/mol. The fourth-order valence-electron chi connectivity index (χ4n) is 2.54. The Morgan fingerprint density at radius 3 is 2.70 bits per heavy atom. The topological polar surface area (TPSA) is 27.7 Å². The van der Waals surface area contributed by atoms with Crippen LogP contribution in [-0.4, -0.2) is 63.2 Å². The molecule has 0 bridgehead atoms. The van der Waals surface area contributed by atoms with Gasteiger partial charge in [0.25, 0.3) is 0 Å². The van der Waals surface area contributed by atoms with Crippen LogP contribution < -0.4 is 10.1 Å². The largest absolute Gasteiger partial charge is 0.497 e. The second-order valence-electron chi connectivity index (χ2n) is 5.60. The van der Waals surface area contributed by atoms with E-state index in [2.05, 4.69) is 41.2 Å². The maximum absolute atomic E-state index is 5.27. The van der Waals surface area contributed by atoms with Crippen LogP contribution in [0.3, 0.4) is 0 Å². The van der Waals surface area contributed by atoms with E-state index in [0.717, 1.165) is 18.8 Å². The Hall–Kier alpha value is -1.10. The summed E-state index contributed by atoms with van der Waals surface area (Å²) in [6.45, 7) is 9.11. The number of rotatable bonds is 6. The van der Waals surface area contributed by atoms with Gasteiger partial charge >= 0.3 is 0 Å². The standard InChI is InChI=1S/C16H27N3O/c1-14(15-5-4-6-16(13-15)20-3)17-7-8-19-11-9-18(2)10-12-19/h4-6,13-14,17H,7-12H2,1-3H3/t14-/m1/s1. The Labute approximate surface area is 122 Å². The van der Waals surface area contributed by atoms with Gasteiger partial charge in [0.2, 0.25) is 0 Å². The second-order valence-corrected chi connectivity index (χ2v) is 5.60. The summed E-state index contributed by atoms with van der Waals surface area (Å²) in [7, 11) is 3.91. The molecule has 0 radical (unpaired) electrons. The predicted octanol–water partition coefficient (Wildman–Crippen LogP) is 1.59. The molecule has 1 aliphatic rings. The number of piperazine rings is 1. The van der Waals surface area contributed by atoms with Crippen molar-refractivity contribution in [2.24, 2.45) is 0 Å². The Kier molecular flexibility index (Phi) is 5.83. The molecule has 1 atom stereocenters. The van der Waals surface area contributed by atoms with Crippen LogP contribution in [0.15, 0.2) is 24.3 Å². The Bertz CT molecular complexity index is 402. The van der Waals surface area contributed by atoms with Gasteiger partial charge in [-0.25, -0.2) is 0 Å². The van der Waals surface area contributed by atoms with Crippen molar-refractivity contribution >= 4 is 0 Å². The summed E-state index contributed by atoms with van der Waals surface area (Å²) in [6.07, 6.45) is 0. The van der Waals surface area contributed by atoms with Crippen LogP contribution in [0.25, 0.3) is 0 Å². The van der Waals surface area contributed by atoms with Crippen molar-refractivity contribution in [2.45, 2.75) is 13.0 Å².